The van der Waals surface area contributed by atoms with Crippen molar-refractivity contribution in [2.24, 2.45) is 10.9 Å². The number of nitrogens with zero attached hydrogens (tertiary/aromatic N) is 2. The number of rotatable bonds is 5. The number of likely N-dealkylation sites (tertiary alicyclic amines) is 1. The number of piperidine rings is 1. The number of sulfonamides is 1. The summed E-state index contributed by atoms with van der Waals surface area (Å²) in [4.78, 5) is 6.72. The Balaban J connectivity index is 0.00000361. The van der Waals surface area contributed by atoms with Crippen LogP contribution in [0, 0.1) is 5.92 Å². The molecule has 0 atom stereocenters. The number of hydrogen-bond acceptors (Lipinski definition) is 3. The van der Waals surface area contributed by atoms with Gasteiger partial charge in [0, 0.05) is 26.2 Å². The molecular formula is C12H27IN4O2S. The lowest BCUT2D eigenvalue weighted by molar-refractivity contribution is 0.273. The number of aliphatic imine (C=N–C) groups is 1. The van der Waals surface area contributed by atoms with Crippen LogP contribution in [0.5, 0.6) is 0 Å². The van der Waals surface area contributed by atoms with Crippen molar-refractivity contribution in [3.05, 3.63) is 0 Å². The topological polar surface area (TPSA) is 73.8 Å². The summed E-state index contributed by atoms with van der Waals surface area (Å²) < 4.78 is 24.4. The molecule has 0 spiro atoms. The van der Waals surface area contributed by atoms with E-state index in [2.05, 4.69) is 26.9 Å². The zero-order valence-corrected chi connectivity index (χ0v) is 15.7. The van der Waals surface area contributed by atoms with Crippen LogP contribution < -0.4 is 10.0 Å². The molecule has 1 aliphatic rings. The lowest BCUT2D eigenvalue weighted by Crippen LogP contribution is -2.45. The van der Waals surface area contributed by atoms with Crippen molar-refractivity contribution in [3.63, 3.8) is 0 Å². The summed E-state index contributed by atoms with van der Waals surface area (Å²) in [5.74, 6) is 1.68. The maximum absolute atomic E-state index is 11.0. The van der Waals surface area contributed by atoms with E-state index >= 15 is 0 Å². The van der Waals surface area contributed by atoms with Crippen molar-refractivity contribution in [2.45, 2.75) is 26.7 Å². The smallest absolute Gasteiger partial charge is 0.208 e. The lowest BCUT2D eigenvalue weighted by atomic mass is 10.00. The Morgan fingerprint density at radius 3 is 2.45 bits per heavy atom. The molecule has 0 amide bonds. The first-order valence-corrected chi connectivity index (χ1v) is 8.79. The zero-order valence-electron chi connectivity index (χ0n) is 12.6. The van der Waals surface area contributed by atoms with Crippen molar-refractivity contribution in [1.29, 1.82) is 0 Å². The number of nitrogens with one attached hydrogen (secondary N) is 2. The second kappa shape index (κ2) is 9.78. The highest BCUT2D eigenvalue weighted by Crippen LogP contribution is 2.15. The Morgan fingerprint density at radius 2 is 1.95 bits per heavy atom. The summed E-state index contributed by atoms with van der Waals surface area (Å²) in [6.45, 7) is 7.98. The molecule has 0 aromatic heterocycles. The van der Waals surface area contributed by atoms with Crippen LogP contribution in [-0.2, 0) is 10.0 Å². The van der Waals surface area contributed by atoms with Gasteiger partial charge in [0.05, 0.1) is 12.8 Å². The Kier molecular flexibility index (Phi) is 9.73. The van der Waals surface area contributed by atoms with Gasteiger partial charge in [0.25, 0.3) is 0 Å². The summed E-state index contributed by atoms with van der Waals surface area (Å²) in [6.07, 6.45) is 3.53. The van der Waals surface area contributed by atoms with E-state index in [1.54, 1.807) is 0 Å². The molecule has 8 heteroatoms. The third kappa shape index (κ3) is 8.25. The van der Waals surface area contributed by atoms with Crippen molar-refractivity contribution in [2.75, 3.05) is 39.0 Å². The normalized spacial score (nSPS) is 17.8. The average molecular weight is 418 g/mol. The first-order valence-electron chi connectivity index (χ1n) is 6.90. The molecule has 120 valence electrons. The summed E-state index contributed by atoms with van der Waals surface area (Å²) in [6, 6.07) is 0. The van der Waals surface area contributed by atoms with E-state index in [4.69, 9.17) is 0 Å². The molecule has 2 N–H and O–H groups in total. The summed E-state index contributed by atoms with van der Waals surface area (Å²) in [5, 5.41) is 3.26. The van der Waals surface area contributed by atoms with E-state index in [1.807, 2.05) is 6.92 Å². The first kappa shape index (κ1) is 19.9. The summed E-state index contributed by atoms with van der Waals surface area (Å²) in [7, 11) is -3.12. The van der Waals surface area contributed by atoms with Crippen LogP contribution in [0.15, 0.2) is 4.99 Å². The van der Waals surface area contributed by atoms with Crippen LogP contribution in [0.2, 0.25) is 0 Å². The molecule has 1 fully saturated rings. The Bertz CT molecular complexity index is 392. The van der Waals surface area contributed by atoms with Crippen LogP contribution in [0.25, 0.3) is 0 Å². The Hall–Kier alpha value is -0.0900. The molecule has 1 saturated heterocycles. The second-order valence-corrected chi connectivity index (χ2v) is 6.90. The standard InChI is InChI=1S/C12H26N4O2S.HI/c1-4-13-12(14-7-8-15-19(3,17)18)16-9-5-11(2)6-10-16;/h11,15H,4-10H2,1-3H3,(H,13,14);1H. The highest BCUT2D eigenvalue weighted by molar-refractivity contribution is 14.0. The van der Waals surface area contributed by atoms with E-state index in [0.717, 1.165) is 37.8 Å². The van der Waals surface area contributed by atoms with Gasteiger partial charge in [-0.1, -0.05) is 6.92 Å². The van der Waals surface area contributed by atoms with Gasteiger partial charge in [-0.05, 0) is 25.7 Å². The molecule has 0 unspecified atom stereocenters. The van der Waals surface area contributed by atoms with Gasteiger partial charge >= 0.3 is 0 Å². The van der Waals surface area contributed by atoms with E-state index in [0.29, 0.717) is 13.1 Å². The van der Waals surface area contributed by atoms with Crippen LogP contribution >= 0.6 is 24.0 Å². The molecule has 1 rings (SSSR count). The quantitative estimate of drug-likeness (QED) is 0.301. The van der Waals surface area contributed by atoms with E-state index in [-0.39, 0.29) is 24.0 Å². The van der Waals surface area contributed by atoms with Crippen LogP contribution in [0.3, 0.4) is 0 Å². The molecule has 0 aliphatic carbocycles. The van der Waals surface area contributed by atoms with Crippen LogP contribution in [0.1, 0.15) is 26.7 Å². The fourth-order valence-electron chi connectivity index (χ4n) is 2.04. The molecule has 1 heterocycles. The third-order valence-corrected chi connectivity index (χ3v) is 3.88. The van der Waals surface area contributed by atoms with Gasteiger partial charge in [0.1, 0.15) is 0 Å². The third-order valence-electron chi connectivity index (χ3n) is 3.16. The van der Waals surface area contributed by atoms with Crippen molar-refractivity contribution in [3.8, 4) is 0 Å². The molecule has 1 aliphatic heterocycles. The predicted molar refractivity (Wildman–Crippen MR) is 94.2 cm³/mol. The van der Waals surface area contributed by atoms with Crippen LogP contribution in [-0.4, -0.2) is 58.3 Å². The molecule has 0 aromatic carbocycles. The fourth-order valence-corrected chi connectivity index (χ4v) is 2.50. The van der Waals surface area contributed by atoms with Gasteiger partial charge in [-0.25, -0.2) is 13.1 Å². The maximum atomic E-state index is 11.0. The summed E-state index contributed by atoms with van der Waals surface area (Å²) >= 11 is 0. The van der Waals surface area contributed by atoms with Gasteiger partial charge in [-0.3, -0.25) is 4.99 Å². The molecule has 0 saturated carbocycles. The average Bonchev–Trinajstić information content (AvgIpc) is 2.33. The molecule has 0 radical (unpaired) electrons. The van der Waals surface area contributed by atoms with Crippen molar-refractivity contribution in [1.82, 2.24) is 14.9 Å². The lowest BCUT2D eigenvalue weighted by Gasteiger charge is -2.33. The summed E-state index contributed by atoms with van der Waals surface area (Å²) in [5.41, 5.74) is 0. The number of halogens is 1. The van der Waals surface area contributed by atoms with E-state index in [1.165, 1.54) is 12.8 Å². The number of hydrogen-bond donors (Lipinski definition) is 2. The van der Waals surface area contributed by atoms with Crippen LogP contribution in [0.4, 0.5) is 0 Å². The van der Waals surface area contributed by atoms with E-state index < -0.39 is 10.0 Å². The second-order valence-electron chi connectivity index (χ2n) is 5.07. The van der Waals surface area contributed by atoms with Crippen molar-refractivity contribution < 1.29 is 8.42 Å². The SMILES string of the molecule is CCNC(=NCCNS(C)(=O)=O)N1CCC(C)CC1.I. The molecule has 20 heavy (non-hydrogen) atoms. The minimum Gasteiger partial charge on any atom is -0.357 e. The molecule has 0 bridgehead atoms. The number of guanidine groups is 1. The predicted octanol–water partition coefficient (Wildman–Crippen LogP) is 0.851. The maximum Gasteiger partial charge on any atom is 0.208 e. The molecular weight excluding hydrogens is 391 g/mol. The Morgan fingerprint density at radius 1 is 1.35 bits per heavy atom. The highest BCUT2D eigenvalue weighted by atomic mass is 127. The Labute approximate surface area is 139 Å². The van der Waals surface area contributed by atoms with Gasteiger partial charge in [0.2, 0.25) is 10.0 Å². The largest absolute Gasteiger partial charge is 0.357 e. The highest BCUT2D eigenvalue weighted by Gasteiger charge is 2.18. The molecule has 6 nitrogen and oxygen atoms in total. The minimum atomic E-state index is -3.12. The fraction of sp³-hybridized carbons (Fsp3) is 0.917. The molecule has 0 aromatic rings. The van der Waals surface area contributed by atoms with Gasteiger partial charge in [-0.2, -0.15) is 0 Å². The van der Waals surface area contributed by atoms with E-state index in [9.17, 15) is 8.42 Å². The first-order chi connectivity index (χ1) is 8.92. The van der Waals surface area contributed by atoms with Gasteiger partial charge < -0.3 is 10.2 Å². The zero-order chi connectivity index (χ0) is 14.3. The minimum absolute atomic E-state index is 0. The monoisotopic (exact) mass is 418 g/mol. The van der Waals surface area contributed by atoms with Gasteiger partial charge in [0.15, 0.2) is 5.96 Å². The van der Waals surface area contributed by atoms with Gasteiger partial charge in [-0.15, -0.1) is 24.0 Å². The van der Waals surface area contributed by atoms with Crippen molar-refractivity contribution >= 4 is 40.0 Å².